The molecule has 5 nitrogen and oxygen atoms in total. The number of nitrogens with two attached hydrogens (primary N) is 2. The van der Waals surface area contributed by atoms with Crippen LogP contribution in [0, 0.1) is 0 Å². The molecule has 0 atom stereocenters. The summed E-state index contributed by atoms with van der Waals surface area (Å²) < 4.78 is 0. The SMILES string of the molecule is NC(N)=NN1C=NCC1. The minimum atomic E-state index is 0.0725. The molecule has 0 aromatic heterocycles. The van der Waals surface area contributed by atoms with Crippen molar-refractivity contribution in [3.05, 3.63) is 0 Å². The predicted molar refractivity (Wildman–Crippen MR) is 35.9 cm³/mol. The molecule has 0 saturated heterocycles. The molecular weight excluding hydrogens is 118 g/mol. The van der Waals surface area contributed by atoms with Crippen LogP contribution in [0.5, 0.6) is 0 Å². The van der Waals surface area contributed by atoms with Crippen LogP contribution in [-0.2, 0) is 0 Å². The third-order valence-electron chi connectivity index (χ3n) is 0.917. The molecule has 50 valence electrons. The van der Waals surface area contributed by atoms with Gasteiger partial charge in [0, 0.05) is 0 Å². The van der Waals surface area contributed by atoms with E-state index in [1.807, 2.05) is 0 Å². The van der Waals surface area contributed by atoms with Crippen LogP contribution in [0.2, 0.25) is 0 Å². The topological polar surface area (TPSA) is 80.0 Å². The van der Waals surface area contributed by atoms with Crippen molar-refractivity contribution in [1.29, 1.82) is 0 Å². The summed E-state index contributed by atoms with van der Waals surface area (Å²) in [7, 11) is 0. The quantitative estimate of drug-likeness (QED) is 0.333. The van der Waals surface area contributed by atoms with Gasteiger partial charge in [-0.1, -0.05) is 0 Å². The van der Waals surface area contributed by atoms with E-state index in [0.717, 1.165) is 13.1 Å². The van der Waals surface area contributed by atoms with Crippen LogP contribution in [-0.4, -0.2) is 30.4 Å². The van der Waals surface area contributed by atoms with Crippen molar-refractivity contribution in [3.8, 4) is 0 Å². The number of hydrogen-bond acceptors (Lipinski definition) is 3. The molecule has 9 heavy (non-hydrogen) atoms. The van der Waals surface area contributed by atoms with Gasteiger partial charge in [0.25, 0.3) is 0 Å². The highest BCUT2D eigenvalue weighted by molar-refractivity contribution is 5.76. The minimum absolute atomic E-state index is 0.0725. The molecule has 0 unspecified atom stereocenters. The lowest BCUT2D eigenvalue weighted by molar-refractivity contribution is 0.499. The second-order valence-electron chi connectivity index (χ2n) is 1.71. The van der Waals surface area contributed by atoms with Crippen molar-refractivity contribution < 1.29 is 0 Å². The van der Waals surface area contributed by atoms with Crippen molar-refractivity contribution in [2.24, 2.45) is 21.6 Å². The Morgan fingerprint density at radius 2 is 2.44 bits per heavy atom. The van der Waals surface area contributed by atoms with E-state index < -0.39 is 0 Å². The monoisotopic (exact) mass is 127 g/mol. The third kappa shape index (κ3) is 1.60. The number of aliphatic imine (C=N–C) groups is 1. The van der Waals surface area contributed by atoms with Crippen LogP contribution >= 0.6 is 0 Å². The van der Waals surface area contributed by atoms with E-state index in [0.29, 0.717) is 0 Å². The molecule has 1 aliphatic heterocycles. The summed E-state index contributed by atoms with van der Waals surface area (Å²) >= 11 is 0. The van der Waals surface area contributed by atoms with Crippen molar-refractivity contribution in [3.63, 3.8) is 0 Å². The van der Waals surface area contributed by atoms with Gasteiger partial charge in [0.05, 0.1) is 13.1 Å². The van der Waals surface area contributed by atoms with Crippen LogP contribution in [0.25, 0.3) is 0 Å². The summed E-state index contributed by atoms with van der Waals surface area (Å²) in [5.74, 6) is 0.0725. The zero-order valence-electron chi connectivity index (χ0n) is 4.99. The van der Waals surface area contributed by atoms with E-state index >= 15 is 0 Å². The number of rotatable bonds is 1. The average Bonchev–Trinajstić information content (AvgIpc) is 2.15. The maximum Gasteiger partial charge on any atom is 0.209 e. The molecule has 1 heterocycles. The lowest BCUT2D eigenvalue weighted by Crippen LogP contribution is -2.27. The Morgan fingerprint density at radius 3 is 2.89 bits per heavy atom. The third-order valence-corrected chi connectivity index (χ3v) is 0.917. The highest BCUT2D eigenvalue weighted by Crippen LogP contribution is 1.91. The minimum Gasteiger partial charge on any atom is -0.369 e. The van der Waals surface area contributed by atoms with Gasteiger partial charge in [-0.05, 0) is 0 Å². The van der Waals surface area contributed by atoms with Gasteiger partial charge in [-0.25, -0.2) is 5.01 Å². The fourth-order valence-corrected chi connectivity index (χ4v) is 0.594. The largest absolute Gasteiger partial charge is 0.369 e. The van der Waals surface area contributed by atoms with Gasteiger partial charge in [-0.15, -0.1) is 5.10 Å². The van der Waals surface area contributed by atoms with E-state index in [2.05, 4.69) is 10.1 Å². The van der Waals surface area contributed by atoms with E-state index in [1.165, 1.54) is 0 Å². The Kier molecular flexibility index (Phi) is 1.53. The Bertz CT molecular complexity index is 145. The summed E-state index contributed by atoms with van der Waals surface area (Å²) in [6, 6.07) is 0. The first-order chi connectivity index (χ1) is 4.29. The summed E-state index contributed by atoms with van der Waals surface area (Å²) in [4.78, 5) is 3.90. The van der Waals surface area contributed by atoms with Crippen LogP contribution < -0.4 is 11.5 Å². The molecule has 0 aliphatic carbocycles. The summed E-state index contributed by atoms with van der Waals surface area (Å²) in [6.45, 7) is 1.55. The number of guanidine groups is 1. The molecule has 0 spiro atoms. The van der Waals surface area contributed by atoms with E-state index in [1.54, 1.807) is 11.3 Å². The average molecular weight is 127 g/mol. The molecule has 0 amide bonds. The van der Waals surface area contributed by atoms with Crippen molar-refractivity contribution in [2.45, 2.75) is 0 Å². The maximum atomic E-state index is 5.10. The number of hydrazone groups is 1. The molecule has 0 aromatic rings. The molecule has 1 aliphatic rings. The summed E-state index contributed by atoms with van der Waals surface area (Å²) in [5.41, 5.74) is 10.2. The molecule has 0 saturated carbocycles. The molecule has 0 aromatic carbocycles. The molecular formula is C4H9N5. The van der Waals surface area contributed by atoms with E-state index in [9.17, 15) is 0 Å². The normalized spacial score (nSPS) is 16.2. The number of hydrogen-bond donors (Lipinski definition) is 2. The fourth-order valence-electron chi connectivity index (χ4n) is 0.594. The van der Waals surface area contributed by atoms with Gasteiger partial charge < -0.3 is 11.5 Å². The number of nitrogens with zero attached hydrogens (tertiary/aromatic N) is 3. The molecule has 0 radical (unpaired) electrons. The lowest BCUT2D eigenvalue weighted by Gasteiger charge is -2.04. The fraction of sp³-hybridized carbons (Fsp3) is 0.500. The molecule has 4 N–H and O–H groups in total. The zero-order valence-corrected chi connectivity index (χ0v) is 4.99. The Labute approximate surface area is 53.0 Å². The second kappa shape index (κ2) is 2.34. The summed E-state index contributed by atoms with van der Waals surface area (Å²) in [5, 5.41) is 5.34. The Hall–Kier alpha value is -1.26. The van der Waals surface area contributed by atoms with Crippen molar-refractivity contribution in [2.75, 3.05) is 13.1 Å². The maximum absolute atomic E-state index is 5.10. The van der Waals surface area contributed by atoms with Gasteiger partial charge in [0.1, 0.15) is 6.34 Å². The smallest absolute Gasteiger partial charge is 0.209 e. The van der Waals surface area contributed by atoms with E-state index in [4.69, 9.17) is 11.5 Å². The first-order valence-electron chi connectivity index (χ1n) is 2.65. The van der Waals surface area contributed by atoms with Gasteiger partial charge in [0.15, 0.2) is 0 Å². The van der Waals surface area contributed by atoms with Crippen LogP contribution in [0.4, 0.5) is 0 Å². The molecule has 1 rings (SSSR count). The summed E-state index contributed by atoms with van der Waals surface area (Å²) in [6.07, 6.45) is 1.61. The lowest BCUT2D eigenvalue weighted by atomic mass is 10.7. The first kappa shape index (κ1) is 5.87. The van der Waals surface area contributed by atoms with Gasteiger partial charge in [0.2, 0.25) is 5.96 Å². The predicted octanol–water partition coefficient (Wildman–Crippen LogP) is -1.48. The standard InChI is InChI=1S/C4H9N5/c5-4(6)8-9-2-1-7-3-9/h3H,1-2H2,(H4,5,6,8). The highest BCUT2D eigenvalue weighted by atomic mass is 15.5. The zero-order chi connectivity index (χ0) is 6.69. The van der Waals surface area contributed by atoms with Crippen molar-refractivity contribution >= 4 is 12.3 Å². The molecule has 5 heteroatoms. The molecule has 0 fully saturated rings. The van der Waals surface area contributed by atoms with E-state index in [-0.39, 0.29) is 5.96 Å². The van der Waals surface area contributed by atoms with Crippen LogP contribution in [0.15, 0.2) is 10.1 Å². The van der Waals surface area contributed by atoms with Gasteiger partial charge in [-0.2, -0.15) is 0 Å². The highest BCUT2D eigenvalue weighted by Gasteiger charge is 2.01. The second-order valence-corrected chi connectivity index (χ2v) is 1.71. The Morgan fingerprint density at radius 1 is 1.67 bits per heavy atom. The van der Waals surface area contributed by atoms with Crippen LogP contribution in [0.3, 0.4) is 0 Å². The van der Waals surface area contributed by atoms with Crippen LogP contribution in [0.1, 0.15) is 0 Å². The first-order valence-corrected chi connectivity index (χ1v) is 2.65. The van der Waals surface area contributed by atoms with Crippen molar-refractivity contribution in [1.82, 2.24) is 5.01 Å². The van der Waals surface area contributed by atoms with Gasteiger partial charge in [-0.3, -0.25) is 4.99 Å². The molecule has 0 bridgehead atoms. The Balaban J connectivity index is 2.45. The van der Waals surface area contributed by atoms with Gasteiger partial charge >= 0.3 is 0 Å².